The van der Waals surface area contributed by atoms with E-state index < -0.39 is 6.10 Å². The molecule has 0 saturated carbocycles. The molecule has 0 saturated heterocycles. The number of hydrogen-bond donors (Lipinski definition) is 2. The zero-order chi connectivity index (χ0) is 14.1. The topological polar surface area (TPSA) is 50.7 Å². The third-order valence-corrected chi connectivity index (χ3v) is 2.73. The summed E-state index contributed by atoms with van der Waals surface area (Å²) in [4.78, 5) is 0. The van der Waals surface area contributed by atoms with Crippen LogP contribution < -0.4 is 10.1 Å². The van der Waals surface area contributed by atoms with Crippen molar-refractivity contribution in [1.82, 2.24) is 5.32 Å². The Morgan fingerprint density at radius 1 is 1.21 bits per heavy atom. The number of ether oxygens (including phenoxy) is 2. The summed E-state index contributed by atoms with van der Waals surface area (Å²) in [6.07, 6.45) is -0.356. The molecule has 4 heteroatoms. The third kappa shape index (κ3) is 7.15. The van der Waals surface area contributed by atoms with E-state index in [1.807, 2.05) is 45.0 Å². The van der Waals surface area contributed by atoms with Crippen molar-refractivity contribution in [2.24, 2.45) is 0 Å². The Morgan fingerprint density at radius 2 is 1.89 bits per heavy atom. The smallest absolute Gasteiger partial charge is 0.119 e. The molecule has 2 N–H and O–H groups in total. The molecule has 0 spiro atoms. The van der Waals surface area contributed by atoms with Crippen molar-refractivity contribution in [3.05, 3.63) is 29.8 Å². The summed E-state index contributed by atoms with van der Waals surface area (Å²) in [5.74, 6) is 0.785. The molecule has 4 nitrogen and oxygen atoms in total. The molecular weight excluding hydrogens is 242 g/mol. The highest BCUT2D eigenvalue weighted by Gasteiger charge is 2.06. The first kappa shape index (κ1) is 16.0. The van der Waals surface area contributed by atoms with E-state index in [2.05, 4.69) is 5.32 Å². The molecule has 1 rings (SSSR count). The van der Waals surface area contributed by atoms with Crippen molar-refractivity contribution in [2.75, 3.05) is 26.3 Å². The summed E-state index contributed by atoms with van der Waals surface area (Å²) in [6.45, 7) is 8.24. The van der Waals surface area contributed by atoms with Crippen molar-refractivity contribution in [3.8, 4) is 5.75 Å². The molecule has 0 fully saturated rings. The number of nitrogens with one attached hydrogen (secondary N) is 1. The molecule has 0 amide bonds. The summed E-state index contributed by atoms with van der Waals surface area (Å²) in [6, 6.07) is 7.80. The minimum absolute atomic E-state index is 0.162. The molecule has 0 aromatic heterocycles. The van der Waals surface area contributed by atoms with Gasteiger partial charge in [-0.1, -0.05) is 17.7 Å². The van der Waals surface area contributed by atoms with Gasteiger partial charge in [-0.25, -0.2) is 0 Å². The van der Waals surface area contributed by atoms with E-state index in [4.69, 9.17) is 9.47 Å². The predicted octanol–water partition coefficient (Wildman–Crippen LogP) is 1.75. The van der Waals surface area contributed by atoms with E-state index in [0.29, 0.717) is 19.8 Å². The fraction of sp³-hybridized carbons (Fsp3) is 0.600. The number of hydrogen-bond acceptors (Lipinski definition) is 4. The minimum Gasteiger partial charge on any atom is -0.491 e. The number of aryl methyl sites for hydroxylation is 1. The Hall–Kier alpha value is -1.10. The van der Waals surface area contributed by atoms with Gasteiger partial charge in [0.15, 0.2) is 0 Å². The summed E-state index contributed by atoms with van der Waals surface area (Å²) in [5, 5.41) is 12.9. The zero-order valence-corrected chi connectivity index (χ0v) is 12.1. The highest BCUT2D eigenvalue weighted by Crippen LogP contribution is 2.11. The van der Waals surface area contributed by atoms with Crippen molar-refractivity contribution < 1.29 is 14.6 Å². The fourth-order valence-corrected chi connectivity index (χ4v) is 1.68. The van der Waals surface area contributed by atoms with E-state index in [-0.39, 0.29) is 6.10 Å². The second-order valence-electron chi connectivity index (χ2n) is 4.70. The highest BCUT2D eigenvalue weighted by molar-refractivity contribution is 5.26. The molecule has 0 radical (unpaired) electrons. The van der Waals surface area contributed by atoms with Gasteiger partial charge >= 0.3 is 0 Å². The SMILES string of the molecule is CCOC(C)CNCC(O)COc1ccc(C)cc1. The van der Waals surface area contributed by atoms with Crippen LogP contribution in [0.4, 0.5) is 0 Å². The van der Waals surface area contributed by atoms with E-state index in [9.17, 15) is 5.11 Å². The van der Waals surface area contributed by atoms with Crippen molar-refractivity contribution >= 4 is 0 Å². The molecule has 2 unspecified atom stereocenters. The lowest BCUT2D eigenvalue weighted by molar-refractivity contribution is 0.0671. The Labute approximate surface area is 115 Å². The van der Waals surface area contributed by atoms with Gasteiger partial charge in [-0.3, -0.25) is 0 Å². The fourth-order valence-electron chi connectivity index (χ4n) is 1.68. The molecule has 0 aliphatic heterocycles. The van der Waals surface area contributed by atoms with Crippen LogP contribution in [0.2, 0.25) is 0 Å². The maximum Gasteiger partial charge on any atom is 0.119 e. The van der Waals surface area contributed by atoms with Crippen LogP contribution in [0.25, 0.3) is 0 Å². The lowest BCUT2D eigenvalue weighted by Gasteiger charge is -2.16. The molecule has 0 bridgehead atoms. The average Bonchev–Trinajstić information content (AvgIpc) is 2.38. The lowest BCUT2D eigenvalue weighted by atomic mass is 10.2. The van der Waals surface area contributed by atoms with Crippen molar-refractivity contribution in [1.29, 1.82) is 0 Å². The van der Waals surface area contributed by atoms with Gasteiger partial charge in [0, 0.05) is 19.7 Å². The molecule has 108 valence electrons. The van der Waals surface area contributed by atoms with Crippen LogP contribution >= 0.6 is 0 Å². The monoisotopic (exact) mass is 267 g/mol. The largest absolute Gasteiger partial charge is 0.491 e. The minimum atomic E-state index is -0.518. The first-order chi connectivity index (χ1) is 9.11. The number of benzene rings is 1. The second-order valence-corrected chi connectivity index (χ2v) is 4.70. The summed E-state index contributed by atoms with van der Waals surface area (Å²) < 4.78 is 10.9. The Morgan fingerprint density at radius 3 is 2.53 bits per heavy atom. The van der Waals surface area contributed by atoms with E-state index in [1.54, 1.807) is 0 Å². The van der Waals surface area contributed by atoms with Crippen molar-refractivity contribution in [3.63, 3.8) is 0 Å². The van der Waals surface area contributed by atoms with Gasteiger partial charge in [-0.2, -0.15) is 0 Å². The van der Waals surface area contributed by atoms with Crippen LogP contribution in [0, 0.1) is 6.92 Å². The molecule has 0 aliphatic rings. The molecule has 2 atom stereocenters. The molecule has 1 aromatic carbocycles. The lowest BCUT2D eigenvalue weighted by Crippen LogP contribution is -2.35. The van der Waals surface area contributed by atoms with Crippen LogP contribution in [0.15, 0.2) is 24.3 Å². The van der Waals surface area contributed by atoms with Gasteiger partial charge in [-0.15, -0.1) is 0 Å². The maximum absolute atomic E-state index is 9.78. The summed E-state index contributed by atoms with van der Waals surface area (Å²) in [5.41, 5.74) is 1.19. The number of aliphatic hydroxyl groups excluding tert-OH is 1. The van der Waals surface area contributed by atoms with Crippen LogP contribution in [-0.4, -0.2) is 43.6 Å². The molecular formula is C15H25NO3. The highest BCUT2D eigenvalue weighted by atomic mass is 16.5. The van der Waals surface area contributed by atoms with Gasteiger partial charge in [0.25, 0.3) is 0 Å². The number of aliphatic hydroxyl groups is 1. The Bertz CT molecular complexity index is 340. The Balaban J connectivity index is 2.14. The first-order valence-corrected chi connectivity index (χ1v) is 6.81. The quantitative estimate of drug-likeness (QED) is 0.715. The standard InChI is InChI=1S/C15H25NO3/c1-4-18-13(3)9-16-10-14(17)11-19-15-7-5-12(2)6-8-15/h5-8,13-14,16-17H,4,9-11H2,1-3H3. The molecule has 0 aliphatic carbocycles. The zero-order valence-electron chi connectivity index (χ0n) is 12.1. The van der Waals surface area contributed by atoms with Crippen LogP contribution in [0.5, 0.6) is 5.75 Å². The third-order valence-electron chi connectivity index (χ3n) is 2.73. The maximum atomic E-state index is 9.78. The van der Waals surface area contributed by atoms with Crippen molar-refractivity contribution in [2.45, 2.75) is 33.0 Å². The van der Waals surface area contributed by atoms with Crippen LogP contribution in [0.3, 0.4) is 0 Å². The van der Waals surface area contributed by atoms with E-state index >= 15 is 0 Å². The average molecular weight is 267 g/mol. The molecule has 0 heterocycles. The molecule has 19 heavy (non-hydrogen) atoms. The van der Waals surface area contributed by atoms with E-state index in [1.165, 1.54) is 5.56 Å². The summed E-state index contributed by atoms with van der Waals surface area (Å²) >= 11 is 0. The van der Waals surface area contributed by atoms with Gasteiger partial charge in [0.1, 0.15) is 18.5 Å². The van der Waals surface area contributed by atoms with Crippen LogP contribution in [0.1, 0.15) is 19.4 Å². The number of rotatable bonds is 9. The predicted molar refractivity (Wildman–Crippen MR) is 76.6 cm³/mol. The van der Waals surface area contributed by atoms with Gasteiger partial charge in [-0.05, 0) is 32.9 Å². The van der Waals surface area contributed by atoms with E-state index in [0.717, 1.165) is 12.3 Å². The molecule has 1 aromatic rings. The summed E-state index contributed by atoms with van der Waals surface area (Å²) in [7, 11) is 0. The first-order valence-electron chi connectivity index (χ1n) is 6.81. The second kappa shape index (κ2) is 8.91. The van der Waals surface area contributed by atoms with Gasteiger partial charge in [0.05, 0.1) is 6.10 Å². The van der Waals surface area contributed by atoms with Gasteiger partial charge < -0.3 is 19.9 Å². The normalized spacial score (nSPS) is 14.1. The Kier molecular flexibility index (Phi) is 7.48. The van der Waals surface area contributed by atoms with Gasteiger partial charge in [0.2, 0.25) is 0 Å². The van der Waals surface area contributed by atoms with Crippen LogP contribution in [-0.2, 0) is 4.74 Å².